The van der Waals surface area contributed by atoms with Crippen molar-refractivity contribution in [2.75, 3.05) is 18.6 Å². The molecule has 0 N–H and O–H groups in total. The van der Waals surface area contributed by atoms with Crippen molar-refractivity contribution >= 4 is 27.2 Å². The number of ketones is 1. The van der Waals surface area contributed by atoms with Crippen molar-refractivity contribution in [2.24, 2.45) is 5.92 Å². The first kappa shape index (κ1) is 13.4. The van der Waals surface area contributed by atoms with E-state index >= 15 is 0 Å². The first-order valence-electron chi connectivity index (χ1n) is 5.52. The first-order chi connectivity index (χ1) is 8.44. The number of carbonyl (C=O) groups is 1. The molecule has 1 fully saturated rings. The number of hydrogen-bond acceptors (Lipinski definition) is 4. The van der Waals surface area contributed by atoms with Crippen LogP contribution in [0.4, 0.5) is 0 Å². The zero-order chi connectivity index (χ0) is 13.3. The van der Waals surface area contributed by atoms with Gasteiger partial charge in [-0.05, 0) is 18.6 Å². The van der Waals surface area contributed by atoms with Gasteiger partial charge in [0.1, 0.15) is 5.75 Å². The highest BCUT2D eigenvalue weighted by molar-refractivity contribution is 7.91. The number of carbonyl (C=O) groups excluding carboxylic acids is 1. The molecule has 4 nitrogen and oxygen atoms in total. The third-order valence-electron chi connectivity index (χ3n) is 3.04. The number of halogens is 1. The summed E-state index contributed by atoms with van der Waals surface area (Å²) in [4.78, 5) is 12.3. The second-order valence-corrected chi connectivity index (χ2v) is 6.92. The maximum Gasteiger partial charge on any atom is 0.172 e. The molecule has 1 heterocycles. The van der Waals surface area contributed by atoms with Gasteiger partial charge in [0.15, 0.2) is 15.6 Å². The van der Waals surface area contributed by atoms with Crippen LogP contribution in [0.2, 0.25) is 5.02 Å². The van der Waals surface area contributed by atoms with Gasteiger partial charge in [-0.15, -0.1) is 0 Å². The fourth-order valence-corrected chi connectivity index (χ4v) is 4.12. The Bertz CT molecular complexity index is 580. The van der Waals surface area contributed by atoms with Crippen molar-refractivity contribution in [3.8, 4) is 5.75 Å². The predicted molar refractivity (Wildman–Crippen MR) is 69.1 cm³/mol. The number of ether oxygens (including phenoxy) is 1. The van der Waals surface area contributed by atoms with Gasteiger partial charge >= 0.3 is 0 Å². The standard InChI is InChI=1S/C12H13ClO4S/c1-17-10-4-2-3-9(13)11(10)12(14)8-5-6-18(15,16)7-8/h2-4,8H,5-7H2,1H3. The maximum absolute atomic E-state index is 12.3. The zero-order valence-electron chi connectivity index (χ0n) is 9.85. The summed E-state index contributed by atoms with van der Waals surface area (Å²) in [5.41, 5.74) is 0.281. The van der Waals surface area contributed by atoms with Gasteiger partial charge in [-0.25, -0.2) is 8.42 Å². The molecule has 1 aliphatic heterocycles. The minimum Gasteiger partial charge on any atom is -0.496 e. The quantitative estimate of drug-likeness (QED) is 0.798. The van der Waals surface area contributed by atoms with E-state index < -0.39 is 15.8 Å². The Labute approximate surface area is 111 Å². The molecule has 2 rings (SSSR count). The summed E-state index contributed by atoms with van der Waals surface area (Å²) in [7, 11) is -1.63. The molecule has 98 valence electrons. The molecule has 1 aromatic rings. The Kier molecular flexibility index (Phi) is 3.64. The summed E-state index contributed by atoms with van der Waals surface area (Å²) in [5, 5.41) is 0.295. The lowest BCUT2D eigenvalue weighted by Gasteiger charge is -2.12. The van der Waals surface area contributed by atoms with Crippen LogP contribution in [0.15, 0.2) is 18.2 Å². The number of sulfone groups is 1. The van der Waals surface area contributed by atoms with Crippen molar-refractivity contribution in [2.45, 2.75) is 6.42 Å². The molecule has 0 bridgehead atoms. The van der Waals surface area contributed by atoms with Crippen LogP contribution in [0.3, 0.4) is 0 Å². The number of hydrogen-bond donors (Lipinski definition) is 0. The van der Waals surface area contributed by atoms with Gasteiger partial charge in [0, 0.05) is 5.92 Å². The monoisotopic (exact) mass is 288 g/mol. The molecule has 0 amide bonds. The smallest absolute Gasteiger partial charge is 0.172 e. The van der Waals surface area contributed by atoms with Crippen molar-refractivity contribution in [3.63, 3.8) is 0 Å². The van der Waals surface area contributed by atoms with Crippen LogP contribution in [0.5, 0.6) is 5.75 Å². The molecule has 0 radical (unpaired) electrons. The van der Waals surface area contributed by atoms with Gasteiger partial charge in [0.25, 0.3) is 0 Å². The van der Waals surface area contributed by atoms with E-state index in [0.717, 1.165) is 0 Å². The summed E-state index contributed by atoms with van der Waals surface area (Å²) in [5.74, 6) is -0.407. The minimum absolute atomic E-state index is 0.0656. The summed E-state index contributed by atoms with van der Waals surface area (Å²) in [6.07, 6.45) is 0.357. The highest BCUT2D eigenvalue weighted by Gasteiger charge is 2.35. The third kappa shape index (κ3) is 2.52. The fraction of sp³-hybridized carbons (Fsp3) is 0.417. The topological polar surface area (TPSA) is 60.4 Å². The summed E-state index contributed by atoms with van der Waals surface area (Å²) in [6.45, 7) is 0. The van der Waals surface area contributed by atoms with Gasteiger partial charge in [-0.2, -0.15) is 0 Å². The lowest BCUT2D eigenvalue weighted by molar-refractivity contribution is 0.0930. The summed E-state index contributed by atoms with van der Waals surface area (Å²) < 4.78 is 27.9. The number of Topliss-reactive ketones (excluding diaryl/α,β-unsaturated/α-hetero) is 1. The van der Waals surface area contributed by atoms with Crippen LogP contribution in [-0.4, -0.2) is 32.8 Å². The molecule has 1 unspecified atom stereocenters. The Morgan fingerprint density at radius 1 is 1.44 bits per heavy atom. The van der Waals surface area contributed by atoms with E-state index in [9.17, 15) is 13.2 Å². The Morgan fingerprint density at radius 3 is 2.72 bits per heavy atom. The Morgan fingerprint density at radius 2 is 2.17 bits per heavy atom. The van der Waals surface area contributed by atoms with E-state index in [4.69, 9.17) is 16.3 Å². The van der Waals surface area contributed by atoms with Crippen LogP contribution in [0.25, 0.3) is 0 Å². The average molecular weight is 289 g/mol. The van der Waals surface area contributed by atoms with Gasteiger partial charge < -0.3 is 4.74 Å². The van der Waals surface area contributed by atoms with Crippen molar-refractivity contribution in [1.29, 1.82) is 0 Å². The zero-order valence-corrected chi connectivity index (χ0v) is 11.4. The average Bonchev–Trinajstić information content (AvgIpc) is 2.68. The van der Waals surface area contributed by atoms with E-state index in [1.165, 1.54) is 7.11 Å². The van der Waals surface area contributed by atoms with Crippen LogP contribution < -0.4 is 4.74 Å². The molecule has 18 heavy (non-hydrogen) atoms. The molecular weight excluding hydrogens is 276 g/mol. The first-order valence-corrected chi connectivity index (χ1v) is 7.71. The van der Waals surface area contributed by atoms with Gasteiger partial charge in [-0.3, -0.25) is 4.79 Å². The second-order valence-electron chi connectivity index (χ2n) is 4.28. The van der Waals surface area contributed by atoms with Crippen LogP contribution in [0.1, 0.15) is 16.8 Å². The largest absolute Gasteiger partial charge is 0.496 e. The fourth-order valence-electron chi connectivity index (χ4n) is 2.12. The SMILES string of the molecule is COc1cccc(Cl)c1C(=O)C1CCS(=O)(=O)C1. The molecule has 6 heteroatoms. The molecule has 0 aromatic heterocycles. The summed E-state index contributed by atoms with van der Waals surface area (Å²) >= 11 is 6.00. The highest BCUT2D eigenvalue weighted by atomic mass is 35.5. The molecule has 1 atom stereocenters. The number of rotatable bonds is 3. The predicted octanol–water partition coefficient (Wildman–Crippen LogP) is 1.97. The van der Waals surface area contributed by atoms with Crippen molar-refractivity contribution < 1.29 is 17.9 Å². The second kappa shape index (κ2) is 4.90. The number of benzene rings is 1. The van der Waals surface area contributed by atoms with E-state index in [1.54, 1.807) is 18.2 Å². The van der Waals surface area contributed by atoms with Crippen molar-refractivity contribution in [3.05, 3.63) is 28.8 Å². The van der Waals surface area contributed by atoms with Gasteiger partial charge in [-0.1, -0.05) is 17.7 Å². The normalized spacial score (nSPS) is 21.8. The third-order valence-corrected chi connectivity index (χ3v) is 5.13. The lowest BCUT2D eigenvalue weighted by atomic mass is 9.96. The van der Waals surface area contributed by atoms with E-state index in [0.29, 0.717) is 17.2 Å². The molecule has 1 aliphatic rings. The molecule has 0 aliphatic carbocycles. The van der Waals surface area contributed by atoms with Crippen LogP contribution >= 0.6 is 11.6 Å². The minimum atomic E-state index is -3.09. The lowest BCUT2D eigenvalue weighted by Crippen LogP contribution is -2.17. The van der Waals surface area contributed by atoms with Crippen LogP contribution in [-0.2, 0) is 9.84 Å². The molecule has 0 saturated carbocycles. The molecular formula is C12H13ClO4S. The molecule has 1 aromatic carbocycles. The summed E-state index contributed by atoms with van der Waals surface area (Å²) in [6, 6.07) is 4.92. The number of methoxy groups -OCH3 is 1. The van der Waals surface area contributed by atoms with E-state index in [1.807, 2.05) is 0 Å². The van der Waals surface area contributed by atoms with E-state index in [-0.39, 0.29) is 22.9 Å². The Hall–Kier alpha value is -1.07. The van der Waals surface area contributed by atoms with Crippen LogP contribution in [0, 0.1) is 5.92 Å². The van der Waals surface area contributed by atoms with Gasteiger partial charge in [0.05, 0.1) is 29.2 Å². The van der Waals surface area contributed by atoms with Crippen molar-refractivity contribution in [1.82, 2.24) is 0 Å². The molecule has 1 saturated heterocycles. The maximum atomic E-state index is 12.3. The van der Waals surface area contributed by atoms with Gasteiger partial charge in [0.2, 0.25) is 0 Å². The van der Waals surface area contributed by atoms with E-state index in [2.05, 4.69) is 0 Å². The Balaban J connectivity index is 2.35. The molecule has 0 spiro atoms. The highest BCUT2D eigenvalue weighted by Crippen LogP contribution is 2.32.